The third kappa shape index (κ3) is 7.42. The number of alkyl halides is 2. The standard InChI is InChI=1S/C13H14BrF2NO3S/c14-8-1-3-9(4-2-8)21-6-5-12(18)17-10(13(19)20)7-11(15)16/h1-4,10-11H,5-7H2,(H,17,18)(H,19,20). The zero-order chi connectivity index (χ0) is 15.8. The Morgan fingerprint density at radius 2 is 1.90 bits per heavy atom. The van der Waals surface area contributed by atoms with Crippen molar-refractivity contribution < 1.29 is 23.5 Å². The highest BCUT2D eigenvalue weighted by atomic mass is 79.9. The molecule has 1 rings (SSSR count). The second-order valence-corrected chi connectivity index (χ2v) is 6.22. The van der Waals surface area contributed by atoms with Crippen molar-refractivity contribution in [3.63, 3.8) is 0 Å². The van der Waals surface area contributed by atoms with E-state index in [1.54, 1.807) is 0 Å². The number of amides is 1. The summed E-state index contributed by atoms with van der Waals surface area (Å²) in [4.78, 5) is 23.2. The van der Waals surface area contributed by atoms with Gasteiger partial charge < -0.3 is 10.4 Å². The third-order valence-electron chi connectivity index (χ3n) is 2.46. The first-order chi connectivity index (χ1) is 9.88. The Labute approximate surface area is 133 Å². The summed E-state index contributed by atoms with van der Waals surface area (Å²) in [7, 11) is 0. The van der Waals surface area contributed by atoms with Crippen molar-refractivity contribution >= 4 is 39.6 Å². The van der Waals surface area contributed by atoms with E-state index in [1.165, 1.54) is 11.8 Å². The Hall–Kier alpha value is -1.15. The summed E-state index contributed by atoms with van der Waals surface area (Å²) < 4.78 is 25.3. The highest BCUT2D eigenvalue weighted by Gasteiger charge is 2.23. The molecule has 0 aromatic heterocycles. The van der Waals surface area contributed by atoms with Crippen LogP contribution in [0.4, 0.5) is 8.78 Å². The molecule has 1 atom stereocenters. The van der Waals surface area contributed by atoms with E-state index in [0.717, 1.165) is 9.37 Å². The molecule has 4 nitrogen and oxygen atoms in total. The fourth-order valence-corrected chi connectivity index (χ4v) is 2.57. The Balaban J connectivity index is 2.35. The first-order valence-corrected chi connectivity index (χ1v) is 7.85. The second kappa shape index (κ2) is 8.99. The van der Waals surface area contributed by atoms with Crippen molar-refractivity contribution in [1.29, 1.82) is 0 Å². The molecule has 0 saturated carbocycles. The molecule has 0 spiro atoms. The van der Waals surface area contributed by atoms with Gasteiger partial charge in [-0.15, -0.1) is 11.8 Å². The molecule has 0 heterocycles. The molecule has 0 saturated heterocycles. The van der Waals surface area contributed by atoms with Crippen LogP contribution >= 0.6 is 27.7 Å². The zero-order valence-electron chi connectivity index (χ0n) is 10.9. The van der Waals surface area contributed by atoms with E-state index in [0.29, 0.717) is 5.75 Å². The molecule has 1 amide bonds. The van der Waals surface area contributed by atoms with Crippen molar-refractivity contribution in [3.8, 4) is 0 Å². The lowest BCUT2D eigenvalue weighted by Gasteiger charge is -2.13. The molecule has 1 aromatic rings. The molecular formula is C13H14BrF2NO3S. The monoisotopic (exact) mass is 381 g/mol. The molecule has 8 heteroatoms. The lowest BCUT2D eigenvalue weighted by Crippen LogP contribution is -2.42. The van der Waals surface area contributed by atoms with Crippen LogP contribution in [0.2, 0.25) is 0 Å². The van der Waals surface area contributed by atoms with Gasteiger partial charge in [-0.05, 0) is 24.3 Å². The van der Waals surface area contributed by atoms with E-state index in [1.807, 2.05) is 24.3 Å². The van der Waals surface area contributed by atoms with Crippen LogP contribution in [0.5, 0.6) is 0 Å². The number of nitrogens with one attached hydrogen (secondary N) is 1. The number of carbonyl (C=O) groups is 2. The summed E-state index contributed by atoms with van der Waals surface area (Å²) in [5.74, 6) is -1.56. The van der Waals surface area contributed by atoms with Gasteiger partial charge in [0.15, 0.2) is 0 Å². The molecule has 1 aromatic carbocycles. The minimum absolute atomic E-state index is 0.0632. The summed E-state index contributed by atoms with van der Waals surface area (Å²) in [6.45, 7) is 0. The maximum atomic E-state index is 12.2. The van der Waals surface area contributed by atoms with Crippen LogP contribution in [0.25, 0.3) is 0 Å². The normalized spacial score (nSPS) is 12.2. The van der Waals surface area contributed by atoms with Gasteiger partial charge in [-0.3, -0.25) is 4.79 Å². The minimum Gasteiger partial charge on any atom is -0.480 e. The van der Waals surface area contributed by atoms with Gasteiger partial charge in [0.25, 0.3) is 0 Å². The molecular weight excluding hydrogens is 368 g/mol. The Kier molecular flexibility index (Phi) is 7.66. The first kappa shape index (κ1) is 17.9. The van der Waals surface area contributed by atoms with Crippen LogP contribution in [-0.2, 0) is 9.59 Å². The molecule has 1 unspecified atom stereocenters. The SMILES string of the molecule is O=C(CCSc1ccc(Br)cc1)NC(CC(F)F)C(=O)O. The predicted octanol–water partition coefficient (Wildman–Crippen LogP) is 3.16. The van der Waals surface area contributed by atoms with Gasteiger partial charge in [-0.1, -0.05) is 15.9 Å². The summed E-state index contributed by atoms with van der Waals surface area (Å²) in [6.07, 6.45) is -3.60. The zero-order valence-corrected chi connectivity index (χ0v) is 13.3. The molecule has 0 aliphatic carbocycles. The summed E-state index contributed by atoms with van der Waals surface area (Å²) in [5, 5.41) is 10.8. The van der Waals surface area contributed by atoms with Crippen molar-refractivity contribution in [3.05, 3.63) is 28.7 Å². The average Bonchev–Trinajstić information content (AvgIpc) is 2.39. The number of halogens is 3. The molecule has 2 N–H and O–H groups in total. The van der Waals surface area contributed by atoms with Crippen LogP contribution in [0.15, 0.2) is 33.6 Å². The molecule has 0 radical (unpaired) electrons. The minimum atomic E-state index is -2.77. The maximum Gasteiger partial charge on any atom is 0.326 e. The Morgan fingerprint density at radius 3 is 2.43 bits per heavy atom. The Morgan fingerprint density at radius 1 is 1.29 bits per heavy atom. The lowest BCUT2D eigenvalue weighted by atomic mass is 10.2. The number of hydrogen-bond acceptors (Lipinski definition) is 3. The van der Waals surface area contributed by atoms with Crippen molar-refractivity contribution in [2.75, 3.05) is 5.75 Å². The van der Waals surface area contributed by atoms with Gasteiger partial charge in [0.05, 0.1) is 0 Å². The first-order valence-electron chi connectivity index (χ1n) is 6.07. The van der Waals surface area contributed by atoms with E-state index in [-0.39, 0.29) is 6.42 Å². The van der Waals surface area contributed by atoms with E-state index >= 15 is 0 Å². The van der Waals surface area contributed by atoms with Gasteiger partial charge >= 0.3 is 5.97 Å². The summed E-state index contributed by atoms with van der Waals surface area (Å²) >= 11 is 4.74. The third-order valence-corrected chi connectivity index (χ3v) is 4.00. The van der Waals surface area contributed by atoms with Crippen LogP contribution in [-0.4, -0.2) is 35.2 Å². The fourth-order valence-electron chi connectivity index (χ4n) is 1.46. The van der Waals surface area contributed by atoms with Crippen LogP contribution in [0.3, 0.4) is 0 Å². The van der Waals surface area contributed by atoms with Crippen molar-refractivity contribution in [2.45, 2.75) is 30.2 Å². The number of hydrogen-bond donors (Lipinski definition) is 2. The highest BCUT2D eigenvalue weighted by Crippen LogP contribution is 2.21. The molecule has 0 aliphatic heterocycles. The van der Waals surface area contributed by atoms with Gasteiger partial charge in [-0.25, -0.2) is 13.6 Å². The van der Waals surface area contributed by atoms with E-state index < -0.39 is 30.8 Å². The number of thioether (sulfide) groups is 1. The van der Waals surface area contributed by atoms with E-state index in [2.05, 4.69) is 21.2 Å². The van der Waals surface area contributed by atoms with E-state index in [4.69, 9.17) is 5.11 Å². The summed E-state index contributed by atoms with van der Waals surface area (Å²) in [6, 6.07) is 5.94. The number of benzene rings is 1. The molecule has 21 heavy (non-hydrogen) atoms. The van der Waals surface area contributed by atoms with Gasteiger partial charge in [-0.2, -0.15) is 0 Å². The van der Waals surface area contributed by atoms with Gasteiger partial charge in [0, 0.05) is 28.0 Å². The number of rotatable bonds is 8. The average molecular weight is 382 g/mol. The topological polar surface area (TPSA) is 66.4 Å². The quantitative estimate of drug-likeness (QED) is 0.678. The highest BCUT2D eigenvalue weighted by molar-refractivity contribution is 9.10. The van der Waals surface area contributed by atoms with Gasteiger partial charge in [0.2, 0.25) is 12.3 Å². The lowest BCUT2D eigenvalue weighted by molar-refractivity contribution is -0.143. The van der Waals surface area contributed by atoms with Crippen LogP contribution < -0.4 is 5.32 Å². The fraction of sp³-hybridized carbons (Fsp3) is 0.385. The maximum absolute atomic E-state index is 12.2. The number of carbonyl (C=O) groups excluding carboxylic acids is 1. The molecule has 0 bridgehead atoms. The Bertz CT molecular complexity index is 485. The van der Waals surface area contributed by atoms with Crippen molar-refractivity contribution in [1.82, 2.24) is 5.32 Å². The predicted molar refractivity (Wildman–Crippen MR) is 79.7 cm³/mol. The smallest absolute Gasteiger partial charge is 0.326 e. The van der Waals surface area contributed by atoms with Gasteiger partial charge in [0.1, 0.15) is 6.04 Å². The number of carboxylic acid groups (broad SMARTS) is 1. The van der Waals surface area contributed by atoms with Crippen LogP contribution in [0.1, 0.15) is 12.8 Å². The second-order valence-electron chi connectivity index (χ2n) is 4.14. The molecule has 0 aliphatic rings. The number of aliphatic carboxylic acids is 1. The summed E-state index contributed by atoms with van der Waals surface area (Å²) in [5.41, 5.74) is 0. The van der Waals surface area contributed by atoms with Crippen LogP contribution in [0, 0.1) is 0 Å². The molecule has 116 valence electrons. The number of carboxylic acids is 1. The molecule has 0 fully saturated rings. The largest absolute Gasteiger partial charge is 0.480 e. The van der Waals surface area contributed by atoms with E-state index in [9.17, 15) is 18.4 Å². The van der Waals surface area contributed by atoms with Crippen molar-refractivity contribution in [2.24, 2.45) is 0 Å².